The van der Waals surface area contributed by atoms with Crippen LogP contribution in [0, 0.1) is 12.8 Å². The van der Waals surface area contributed by atoms with E-state index in [-0.39, 0.29) is 23.8 Å². The highest BCUT2D eigenvalue weighted by molar-refractivity contribution is 5.81. The van der Waals surface area contributed by atoms with Crippen LogP contribution in [0.2, 0.25) is 0 Å². The van der Waals surface area contributed by atoms with Crippen LogP contribution in [-0.2, 0) is 9.59 Å². The van der Waals surface area contributed by atoms with E-state index in [1.54, 1.807) is 6.92 Å². The predicted octanol–water partition coefficient (Wildman–Crippen LogP) is 3.65. The molecule has 5 nitrogen and oxygen atoms in total. The smallest absolute Gasteiger partial charge is 0.260 e. The normalized spacial score (nSPS) is 16.5. The van der Waals surface area contributed by atoms with Gasteiger partial charge in [-0.25, -0.2) is 0 Å². The summed E-state index contributed by atoms with van der Waals surface area (Å²) >= 11 is 0. The minimum atomic E-state index is -0.554. The molecule has 1 aliphatic heterocycles. The van der Waals surface area contributed by atoms with Gasteiger partial charge in [0.15, 0.2) is 6.10 Å². The molecule has 0 spiro atoms. The van der Waals surface area contributed by atoms with Gasteiger partial charge in [-0.1, -0.05) is 39.8 Å². The Kier molecular flexibility index (Phi) is 7.28. The lowest BCUT2D eigenvalue weighted by Crippen LogP contribution is -2.49. The summed E-state index contributed by atoms with van der Waals surface area (Å²) in [4.78, 5) is 26.5. The van der Waals surface area contributed by atoms with Crippen molar-refractivity contribution in [3.63, 3.8) is 0 Å². The molecular weight excluding hydrogens is 340 g/mol. The Balaban J connectivity index is 1.88. The van der Waals surface area contributed by atoms with Gasteiger partial charge in [-0.15, -0.1) is 0 Å². The van der Waals surface area contributed by atoms with Gasteiger partial charge in [0.25, 0.3) is 5.91 Å². The van der Waals surface area contributed by atoms with Crippen molar-refractivity contribution in [3.05, 3.63) is 29.3 Å². The van der Waals surface area contributed by atoms with E-state index in [0.717, 1.165) is 24.2 Å². The van der Waals surface area contributed by atoms with E-state index < -0.39 is 6.10 Å². The number of nitrogens with one attached hydrogen (secondary N) is 1. The third-order valence-electron chi connectivity index (χ3n) is 5.20. The first-order chi connectivity index (χ1) is 12.7. The summed E-state index contributed by atoms with van der Waals surface area (Å²) in [6, 6.07) is 6.27. The van der Waals surface area contributed by atoms with Crippen molar-refractivity contribution in [2.75, 3.05) is 13.1 Å². The second kappa shape index (κ2) is 9.25. The van der Waals surface area contributed by atoms with Gasteiger partial charge in [0.05, 0.1) is 0 Å². The number of benzene rings is 1. The molecule has 1 atom stereocenters. The van der Waals surface area contributed by atoms with Crippen molar-refractivity contribution < 1.29 is 14.3 Å². The number of hydrogen-bond acceptors (Lipinski definition) is 3. The fraction of sp³-hybridized carbons (Fsp3) is 0.636. The van der Waals surface area contributed by atoms with Crippen molar-refractivity contribution in [3.8, 4) is 5.75 Å². The highest BCUT2D eigenvalue weighted by Gasteiger charge is 2.26. The first-order valence-electron chi connectivity index (χ1n) is 10.1. The van der Waals surface area contributed by atoms with Crippen LogP contribution < -0.4 is 10.1 Å². The monoisotopic (exact) mass is 374 g/mol. The van der Waals surface area contributed by atoms with E-state index in [0.29, 0.717) is 19.0 Å². The molecule has 1 unspecified atom stereocenters. The minimum absolute atomic E-state index is 0.0226. The molecule has 150 valence electrons. The Labute approximate surface area is 163 Å². The van der Waals surface area contributed by atoms with Crippen molar-refractivity contribution in [2.24, 2.45) is 5.92 Å². The molecule has 0 bridgehead atoms. The summed E-state index contributed by atoms with van der Waals surface area (Å²) in [7, 11) is 0. The van der Waals surface area contributed by atoms with E-state index in [4.69, 9.17) is 4.74 Å². The fourth-order valence-electron chi connectivity index (χ4n) is 3.27. The molecule has 0 saturated carbocycles. The van der Waals surface area contributed by atoms with Gasteiger partial charge in [-0.05, 0) is 49.8 Å². The Morgan fingerprint density at radius 2 is 1.74 bits per heavy atom. The number of likely N-dealkylation sites (tertiary alicyclic amines) is 1. The number of hydrogen-bond donors (Lipinski definition) is 1. The topological polar surface area (TPSA) is 58.6 Å². The van der Waals surface area contributed by atoms with E-state index in [9.17, 15) is 9.59 Å². The van der Waals surface area contributed by atoms with Gasteiger partial charge in [-0.2, -0.15) is 0 Å². The molecule has 1 heterocycles. The molecule has 27 heavy (non-hydrogen) atoms. The largest absolute Gasteiger partial charge is 0.481 e. The van der Waals surface area contributed by atoms with Crippen LogP contribution >= 0.6 is 0 Å². The molecule has 1 N–H and O–H groups in total. The van der Waals surface area contributed by atoms with Gasteiger partial charge < -0.3 is 15.0 Å². The number of ether oxygens (including phenoxy) is 1. The predicted molar refractivity (Wildman–Crippen MR) is 108 cm³/mol. The van der Waals surface area contributed by atoms with E-state index >= 15 is 0 Å². The molecule has 1 aliphatic rings. The van der Waals surface area contributed by atoms with Crippen LogP contribution in [0.3, 0.4) is 0 Å². The van der Waals surface area contributed by atoms with Crippen molar-refractivity contribution >= 4 is 11.8 Å². The van der Waals surface area contributed by atoms with Crippen LogP contribution in [-0.4, -0.2) is 41.9 Å². The summed E-state index contributed by atoms with van der Waals surface area (Å²) in [5.41, 5.74) is 2.23. The Bertz CT molecular complexity index is 662. The average Bonchev–Trinajstić information content (AvgIpc) is 2.63. The SMILES string of the molecule is Cc1ccc(C(C)C)cc1OC(C)C(=O)NC1CCN(C(=O)C(C)C)CC1. The van der Waals surface area contributed by atoms with Gasteiger partial charge in [0.1, 0.15) is 5.75 Å². The minimum Gasteiger partial charge on any atom is -0.481 e. The zero-order valence-electron chi connectivity index (χ0n) is 17.5. The van der Waals surface area contributed by atoms with E-state index in [1.165, 1.54) is 5.56 Å². The summed E-state index contributed by atoms with van der Waals surface area (Å²) < 4.78 is 5.95. The molecule has 0 aliphatic carbocycles. The number of carbonyl (C=O) groups excluding carboxylic acids is 2. The molecule has 1 fully saturated rings. The van der Waals surface area contributed by atoms with Gasteiger partial charge in [0, 0.05) is 25.0 Å². The lowest BCUT2D eigenvalue weighted by Gasteiger charge is -2.33. The molecule has 1 saturated heterocycles. The summed E-state index contributed by atoms with van der Waals surface area (Å²) in [5, 5.41) is 3.08. The zero-order chi connectivity index (χ0) is 20.1. The zero-order valence-corrected chi connectivity index (χ0v) is 17.5. The highest BCUT2D eigenvalue weighted by atomic mass is 16.5. The van der Waals surface area contributed by atoms with Gasteiger partial charge >= 0.3 is 0 Å². The van der Waals surface area contributed by atoms with Crippen LogP contribution in [0.4, 0.5) is 0 Å². The van der Waals surface area contributed by atoms with Gasteiger partial charge in [0.2, 0.25) is 5.91 Å². The van der Waals surface area contributed by atoms with Crippen molar-refractivity contribution in [1.82, 2.24) is 10.2 Å². The molecule has 2 rings (SSSR count). The first-order valence-corrected chi connectivity index (χ1v) is 10.1. The number of piperidine rings is 1. The fourth-order valence-corrected chi connectivity index (χ4v) is 3.27. The molecule has 0 radical (unpaired) electrons. The van der Waals surface area contributed by atoms with Crippen molar-refractivity contribution in [1.29, 1.82) is 0 Å². The molecule has 5 heteroatoms. The maximum atomic E-state index is 12.6. The molecule has 1 aromatic rings. The molecular formula is C22H34N2O3. The molecule has 0 aromatic heterocycles. The summed E-state index contributed by atoms with van der Waals surface area (Å²) in [5.74, 6) is 1.29. The number of rotatable bonds is 6. The van der Waals surface area contributed by atoms with Crippen LogP contribution in [0.5, 0.6) is 5.75 Å². The number of aryl methyl sites for hydroxylation is 1. The van der Waals surface area contributed by atoms with Crippen LogP contribution in [0.15, 0.2) is 18.2 Å². The van der Waals surface area contributed by atoms with Crippen LogP contribution in [0.25, 0.3) is 0 Å². The second-order valence-electron chi connectivity index (χ2n) is 8.20. The third kappa shape index (κ3) is 5.72. The first kappa shape index (κ1) is 21.3. The Morgan fingerprint density at radius 3 is 2.30 bits per heavy atom. The summed E-state index contributed by atoms with van der Waals surface area (Å²) in [6.07, 6.45) is 1.03. The average molecular weight is 375 g/mol. The Morgan fingerprint density at radius 1 is 1.11 bits per heavy atom. The number of amides is 2. The molecule has 1 aromatic carbocycles. The number of carbonyl (C=O) groups is 2. The summed E-state index contributed by atoms with van der Waals surface area (Å²) in [6.45, 7) is 13.3. The quantitative estimate of drug-likeness (QED) is 0.827. The van der Waals surface area contributed by atoms with Crippen molar-refractivity contribution in [2.45, 2.75) is 72.4 Å². The second-order valence-corrected chi connectivity index (χ2v) is 8.20. The molecule has 2 amide bonds. The highest BCUT2D eigenvalue weighted by Crippen LogP contribution is 2.25. The maximum Gasteiger partial charge on any atom is 0.260 e. The van der Waals surface area contributed by atoms with Crippen LogP contribution in [0.1, 0.15) is 64.5 Å². The van der Waals surface area contributed by atoms with E-state index in [2.05, 4.69) is 25.2 Å². The van der Waals surface area contributed by atoms with Gasteiger partial charge in [-0.3, -0.25) is 9.59 Å². The third-order valence-corrected chi connectivity index (χ3v) is 5.20. The lowest BCUT2D eigenvalue weighted by molar-refractivity contribution is -0.135. The lowest BCUT2D eigenvalue weighted by atomic mass is 10.0. The standard InChI is InChI=1S/C22H34N2O3/c1-14(2)18-8-7-16(5)20(13-18)27-17(6)21(25)23-19-9-11-24(12-10-19)22(26)15(3)4/h7-8,13-15,17,19H,9-12H2,1-6H3,(H,23,25). The van der Waals surface area contributed by atoms with E-state index in [1.807, 2.05) is 37.8 Å². The Hall–Kier alpha value is -2.04. The maximum absolute atomic E-state index is 12.6. The number of nitrogens with zero attached hydrogens (tertiary/aromatic N) is 1.